The summed E-state index contributed by atoms with van der Waals surface area (Å²) in [6.45, 7) is 5.54. The molecule has 0 saturated carbocycles. The van der Waals surface area contributed by atoms with Crippen LogP contribution in [0.3, 0.4) is 0 Å². The number of hydrogen-bond donors (Lipinski definition) is 1. The van der Waals surface area contributed by atoms with E-state index >= 15 is 0 Å². The lowest BCUT2D eigenvalue weighted by atomic mass is 9.89. The molecule has 3 aromatic rings. The zero-order chi connectivity index (χ0) is 17.7. The number of fused-ring (bicyclic) bond motifs is 3. The van der Waals surface area contributed by atoms with E-state index in [4.69, 9.17) is 4.98 Å². The van der Waals surface area contributed by atoms with Gasteiger partial charge in [-0.15, -0.1) is 0 Å². The number of aliphatic hydroxyl groups excluding tert-OH is 1. The number of imidazole rings is 1. The first-order valence-electron chi connectivity index (χ1n) is 8.49. The molecule has 0 aliphatic carbocycles. The molecule has 1 aliphatic rings. The summed E-state index contributed by atoms with van der Waals surface area (Å²) in [7, 11) is 0. The zero-order valence-corrected chi connectivity index (χ0v) is 14.6. The number of aliphatic hydroxyl groups is 1. The summed E-state index contributed by atoms with van der Waals surface area (Å²) in [6, 6.07) is 11.3. The van der Waals surface area contributed by atoms with Crippen molar-refractivity contribution in [3.05, 3.63) is 65.1 Å². The molecule has 128 valence electrons. The molecule has 1 amide bonds. The van der Waals surface area contributed by atoms with Crippen LogP contribution in [0.2, 0.25) is 0 Å². The number of aryl methyl sites for hydroxylation is 2. The number of aromatic nitrogens is 2. The number of rotatable bonds is 1. The van der Waals surface area contributed by atoms with Crippen molar-refractivity contribution < 1.29 is 9.90 Å². The largest absolute Gasteiger partial charge is 0.390 e. The maximum absolute atomic E-state index is 12.6. The monoisotopic (exact) mass is 335 g/mol. The van der Waals surface area contributed by atoms with Gasteiger partial charge in [0.1, 0.15) is 0 Å². The highest BCUT2D eigenvalue weighted by Crippen LogP contribution is 2.41. The summed E-state index contributed by atoms with van der Waals surface area (Å²) in [5.41, 5.74) is 5.47. The molecule has 0 bridgehead atoms. The smallest absolute Gasteiger partial charge is 0.224 e. The summed E-state index contributed by atoms with van der Waals surface area (Å²) in [6.07, 6.45) is 1.82. The molecule has 0 spiro atoms. The van der Waals surface area contributed by atoms with Crippen LogP contribution in [0.5, 0.6) is 0 Å². The number of amides is 1. The Hall–Kier alpha value is -2.66. The van der Waals surface area contributed by atoms with E-state index in [1.54, 1.807) is 11.8 Å². The molecule has 0 saturated heterocycles. The first-order chi connectivity index (χ1) is 12.0. The Bertz CT molecular complexity index is 962. The molecule has 25 heavy (non-hydrogen) atoms. The van der Waals surface area contributed by atoms with E-state index in [2.05, 4.69) is 0 Å². The van der Waals surface area contributed by atoms with Crippen molar-refractivity contribution in [3.63, 3.8) is 0 Å². The minimum absolute atomic E-state index is 0.0970. The van der Waals surface area contributed by atoms with Crippen LogP contribution in [-0.2, 0) is 11.2 Å². The van der Waals surface area contributed by atoms with Gasteiger partial charge in [-0.2, -0.15) is 0 Å². The van der Waals surface area contributed by atoms with Gasteiger partial charge in [0, 0.05) is 25.2 Å². The Morgan fingerprint density at radius 3 is 2.60 bits per heavy atom. The Labute approximate surface area is 146 Å². The van der Waals surface area contributed by atoms with Gasteiger partial charge >= 0.3 is 0 Å². The molecule has 3 heterocycles. The van der Waals surface area contributed by atoms with Gasteiger partial charge in [0.15, 0.2) is 5.65 Å². The van der Waals surface area contributed by atoms with E-state index in [0.717, 1.165) is 33.8 Å². The van der Waals surface area contributed by atoms with Crippen LogP contribution in [0.4, 0.5) is 5.69 Å². The fourth-order valence-corrected chi connectivity index (χ4v) is 3.81. The minimum Gasteiger partial charge on any atom is -0.390 e. The molecule has 2 aromatic heterocycles. The van der Waals surface area contributed by atoms with Crippen LogP contribution in [0, 0.1) is 13.8 Å². The number of benzene rings is 1. The molecule has 0 radical (unpaired) electrons. The first-order valence-corrected chi connectivity index (χ1v) is 8.49. The third-order valence-corrected chi connectivity index (χ3v) is 5.12. The van der Waals surface area contributed by atoms with E-state index < -0.39 is 12.1 Å². The molecule has 1 N–H and O–H groups in total. The maximum Gasteiger partial charge on any atom is 0.224 e. The Morgan fingerprint density at radius 2 is 1.92 bits per heavy atom. The second kappa shape index (κ2) is 5.70. The van der Waals surface area contributed by atoms with Crippen LogP contribution in [0.1, 0.15) is 35.5 Å². The van der Waals surface area contributed by atoms with E-state index in [-0.39, 0.29) is 5.91 Å². The van der Waals surface area contributed by atoms with Crippen LogP contribution < -0.4 is 4.90 Å². The zero-order valence-electron chi connectivity index (χ0n) is 14.6. The van der Waals surface area contributed by atoms with Crippen molar-refractivity contribution in [2.75, 3.05) is 4.90 Å². The number of anilines is 1. The Balaban J connectivity index is 1.99. The highest BCUT2D eigenvalue weighted by Gasteiger charge is 2.38. The molecule has 1 aromatic carbocycles. The third-order valence-electron chi connectivity index (χ3n) is 5.12. The van der Waals surface area contributed by atoms with Gasteiger partial charge < -0.3 is 9.51 Å². The first kappa shape index (κ1) is 15.8. The van der Waals surface area contributed by atoms with Gasteiger partial charge in [-0.25, -0.2) is 4.98 Å². The number of carbonyl (C=O) groups is 1. The summed E-state index contributed by atoms with van der Waals surface area (Å²) in [5.74, 6) is -0.0970. The van der Waals surface area contributed by atoms with Crippen molar-refractivity contribution in [1.82, 2.24) is 9.38 Å². The van der Waals surface area contributed by atoms with E-state index in [9.17, 15) is 9.90 Å². The lowest BCUT2D eigenvalue weighted by Crippen LogP contribution is -2.44. The molecular weight excluding hydrogens is 314 g/mol. The van der Waals surface area contributed by atoms with Gasteiger partial charge in [-0.3, -0.25) is 9.69 Å². The van der Waals surface area contributed by atoms with Crippen molar-refractivity contribution >= 4 is 17.2 Å². The van der Waals surface area contributed by atoms with Gasteiger partial charge in [0.2, 0.25) is 5.91 Å². The maximum atomic E-state index is 12.6. The lowest BCUT2D eigenvalue weighted by molar-refractivity contribution is -0.117. The molecular formula is C20H21N3O2. The van der Waals surface area contributed by atoms with Crippen LogP contribution in [0.25, 0.3) is 5.65 Å². The summed E-state index contributed by atoms with van der Waals surface area (Å²) in [4.78, 5) is 19.0. The van der Waals surface area contributed by atoms with Crippen LogP contribution in [0.15, 0.2) is 42.6 Å². The van der Waals surface area contributed by atoms with Gasteiger partial charge in [-0.05, 0) is 31.0 Å². The standard InChI is InChI=1S/C20H21N3O2/c1-12-13(2)22-10-9-16-11-17(25)18(15-7-5-4-6-8-15)23(14(3)24)19(16)20(22)21-12/h4-10,17-18,25H,11H2,1-3H3/t17-,18-/m1/s1. The molecule has 1 aliphatic heterocycles. The lowest BCUT2D eigenvalue weighted by Gasteiger charge is -2.40. The van der Waals surface area contributed by atoms with Crippen molar-refractivity contribution in [3.8, 4) is 0 Å². The SMILES string of the molecule is CC(=O)N1c2c(ccn3c(C)c(C)nc23)C[C@@H](O)[C@H]1c1ccccc1. The van der Waals surface area contributed by atoms with Crippen LogP contribution in [-0.4, -0.2) is 26.5 Å². The second-order valence-corrected chi connectivity index (χ2v) is 6.68. The number of nitrogens with zero attached hydrogens (tertiary/aromatic N) is 3. The summed E-state index contributed by atoms with van der Waals surface area (Å²) >= 11 is 0. The number of hydrogen-bond acceptors (Lipinski definition) is 3. The second-order valence-electron chi connectivity index (χ2n) is 6.68. The minimum atomic E-state index is -0.654. The average Bonchev–Trinajstić information content (AvgIpc) is 2.89. The normalized spacial score (nSPS) is 19.9. The van der Waals surface area contributed by atoms with Crippen molar-refractivity contribution in [1.29, 1.82) is 0 Å². The van der Waals surface area contributed by atoms with Gasteiger partial charge in [-0.1, -0.05) is 30.3 Å². The highest BCUT2D eigenvalue weighted by atomic mass is 16.3. The molecule has 0 fully saturated rings. The molecule has 5 nitrogen and oxygen atoms in total. The summed E-state index contributed by atoms with van der Waals surface area (Å²) in [5, 5.41) is 10.8. The molecule has 4 rings (SSSR count). The third kappa shape index (κ3) is 2.35. The molecule has 2 atom stereocenters. The fraction of sp³-hybridized carbons (Fsp3) is 0.300. The number of pyridine rings is 1. The predicted molar refractivity (Wildman–Crippen MR) is 96.7 cm³/mol. The molecule has 5 heteroatoms. The van der Waals surface area contributed by atoms with E-state index in [1.165, 1.54) is 0 Å². The highest BCUT2D eigenvalue weighted by molar-refractivity contribution is 5.98. The topological polar surface area (TPSA) is 57.8 Å². The predicted octanol–water partition coefficient (Wildman–Crippen LogP) is 2.96. The Morgan fingerprint density at radius 1 is 1.20 bits per heavy atom. The van der Waals surface area contributed by atoms with Crippen LogP contribution >= 0.6 is 0 Å². The van der Waals surface area contributed by atoms with E-state index in [0.29, 0.717) is 6.42 Å². The van der Waals surface area contributed by atoms with E-state index in [1.807, 2.05) is 60.8 Å². The average molecular weight is 335 g/mol. The van der Waals surface area contributed by atoms with Crippen molar-refractivity contribution in [2.24, 2.45) is 0 Å². The van der Waals surface area contributed by atoms with Gasteiger partial charge in [0.25, 0.3) is 0 Å². The van der Waals surface area contributed by atoms with Crippen molar-refractivity contribution in [2.45, 2.75) is 39.3 Å². The summed E-state index contributed by atoms with van der Waals surface area (Å²) < 4.78 is 2.02. The number of carbonyl (C=O) groups excluding carboxylic acids is 1. The quantitative estimate of drug-likeness (QED) is 0.744. The molecule has 0 unspecified atom stereocenters. The van der Waals surface area contributed by atoms with Gasteiger partial charge in [0.05, 0.1) is 23.5 Å². The Kier molecular flexibility index (Phi) is 3.62. The fourth-order valence-electron chi connectivity index (χ4n) is 3.81.